The van der Waals surface area contributed by atoms with Crippen LogP contribution < -0.4 is 5.56 Å². The molecule has 0 aliphatic carbocycles. The van der Waals surface area contributed by atoms with Gasteiger partial charge in [-0.1, -0.05) is 34.8 Å². The summed E-state index contributed by atoms with van der Waals surface area (Å²) in [6.07, 6.45) is 0. The van der Waals surface area contributed by atoms with Gasteiger partial charge in [0.2, 0.25) is 0 Å². The van der Waals surface area contributed by atoms with E-state index in [-0.39, 0.29) is 28.0 Å². The zero-order chi connectivity index (χ0) is 14.9. The van der Waals surface area contributed by atoms with Crippen LogP contribution in [0, 0.1) is 0 Å². The van der Waals surface area contributed by atoms with Crippen molar-refractivity contribution in [2.45, 2.75) is 6.92 Å². The highest BCUT2D eigenvalue weighted by Gasteiger charge is 2.17. The molecule has 1 aromatic carbocycles. The zero-order valence-corrected chi connectivity index (χ0v) is 12.5. The van der Waals surface area contributed by atoms with Gasteiger partial charge in [0, 0.05) is 11.1 Å². The number of benzene rings is 1. The third-order valence-corrected chi connectivity index (χ3v) is 3.22. The van der Waals surface area contributed by atoms with Gasteiger partial charge >= 0.3 is 5.97 Å². The number of rotatable bonds is 3. The largest absolute Gasteiger partial charge is 0.461 e. The Kier molecular flexibility index (Phi) is 4.42. The van der Waals surface area contributed by atoms with Crippen molar-refractivity contribution in [1.82, 2.24) is 9.78 Å². The Morgan fingerprint density at radius 1 is 1.25 bits per heavy atom. The Balaban J connectivity index is 2.55. The molecule has 0 spiro atoms. The number of H-pyrrole nitrogens is 1. The molecule has 2 aromatic rings. The number of aromatic nitrogens is 2. The summed E-state index contributed by atoms with van der Waals surface area (Å²) < 4.78 is 5.86. The second kappa shape index (κ2) is 5.91. The van der Waals surface area contributed by atoms with E-state index >= 15 is 0 Å². The molecular weight excluding hydrogens is 327 g/mol. The maximum Gasteiger partial charge on any atom is 0.356 e. The van der Waals surface area contributed by atoms with Crippen LogP contribution in [0.1, 0.15) is 17.4 Å². The van der Waals surface area contributed by atoms with Crippen LogP contribution in [0.4, 0.5) is 0 Å². The molecule has 0 aliphatic heterocycles. The first-order valence-electron chi connectivity index (χ1n) is 5.58. The van der Waals surface area contributed by atoms with Crippen LogP contribution in [0.15, 0.2) is 23.0 Å². The lowest BCUT2D eigenvalue weighted by Crippen LogP contribution is -2.14. The molecular formula is C12H9Cl3N2O3. The lowest BCUT2D eigenvalue weighted by Gasteiger charge is -2.08. The molecule has 20 heavy (non-hydrogen) atoms. The number of halogens is 3. The van der Waals surface area contributed by atoms with E-state index in [0.29, 0.717) is 5.02 Å². The summed E-state index contributed by atoms with van der Waals surface area (Å²) in [7, 11) is 0. The van der Waals surface area contributed by atoms with Crippen LogP contribution in [0.5, 0.6) is 0 Å². The Morgan fingerprint density at radius 3 is 2.40 bits per heavy atom. The Morgan fingerprint density at radius 2 is 1.85 bits per heavy atom. The smallest absolute Gasteiger partial charge is 0.356 e. The second-order valence-electron chi connectivity index (χ2n) is 3.78. The Bertz CT molecular complexity index is 698. The summed E-state index contributed by atoms with van der Waals surface area (Å²) >= 11 is 17.9. The number of hydrogen-bond acceptors (Lipinski definition) is 3. The summed E-state index contributed by atoms with van der Waals surface area (Å²) in [5.74, 6) is -0.635. The van der Waals surface area contributed by atoms with Crippen molar-refractivity contribution in [3.63, 3.8) is 0 Å². The molecule has 0 saturated heterocycles. The van der Waals surface area contributed by atoms with E-state index < -0.39 is 11.5 Å². The number of carbonyl (C=O) groups excluding carboxylic acids is 1. The topological polar surface area (TPSA) is 64.1 Å². The molecule has 5 nitrogen and oxygen atoms in total. The first-order chi connectivity index (χ1) is 9.43. The molecule has 0 bridgehead atoms. The lowest BCUT2D eigenvalue weighted by atomic mass is 10.3. The number of ether oxygens (including phenoxy) is 1. The van der Waals surface area contributed by atoms with Gasteiger partial charge in [0.15, 0.2) is 0 Å². The van der Waals surface area contributed by atoms with Crippen LogP contribution in [0.25, 0.3) is 5.69 Å². The van der Waals surface area contributed by atoms with Crippen LogP contribution in [0.3, 0.4) is 0 Å². The molecule has 1 aromatic heterocycles. The number of esters is 1. The lowest BCUT2D eigenvalue weighted by molar-refractivity contribution is 0.0519. The SMILES string of the molecule is CCOC(=O)c1cc(=O)n(-c2c(Cl)cc(Cl)cc2Cl)[nH]1. The molecule has 0 atom stereocenters. The quantitative estimate of drug-likeness (QED) is 0.875. The zero-order valence-electron chi connectivity index (χ0n) is 10.2. The molecule has 0 fully saturated rings. The highest BCUT2D eigenvalue weighted by molar-refractivity contribution is 6.40. The monoisotopic (exact) mass is 334 g/mol. The minimum absolute atomic E-state index is 0.0129. The second-order valence-corrected chi connectivity index (χ2v) is 5.03. The highest BCUT2D eigenvalue weighted by Crippen LogP contribution is 2.31. The van der Waals surface area contributed by atoms with E-state index in [2.05, 4.69) is 5.10 Å². The van der Waals surface area contributed by atoms with Gasteiger partial charge in [0.1, 0.15) is 11.4 Å². The minimum Gasteiger partial charge on any atom is -0.461 e. The normalized spacial score (nSPS) is 10.6. The number of nitrogens with one attached hydrogen (secondary N) is 1. The Hall–Kier alpha value is -1.43. The molecule has 2 rings (SSSR count). The third kappa shape index (κ3) is 2.85. The van der Waals surface area contributed by atoms with E-state index in [4.69, 9.17) is 39.5 Å². The van der Waals surface area contributed by atoms with E-state index in [1.807, 2.05) is 0 Å². The van der Waals surface area contributed by atoms with Gasteiger partial charge < -0.3 is 4.74 Å². The molecule has 0 aliphatic rings. The third-order valence-electron chi connectivity index (χ3n) is 2.42. The van der Waals surface area contributed by atoms with E-state index in [9.17, 15) is 9.59 Å². The molecule has 0 saturated carbocycles. The molecule has 1 heterocycles. The predicted octanol–water partition coefficient (Wildman–Crippen LogP) is 3.30. The van der Waals surface area contributed by atoms with Gasteiger partial charge in [-0.25, -0.2) is 9.48 Å². The molecule has 1 N–H and O–H groups in total. The average molecular weight is 336 g/mol. The first-order valence-corrected chi connectivity index (χ1v) is 6.71. The maximum absolute atomic E-state index is 11.9. The van der Waals surface area contributed by atoms with Gasteiger partial charge in [0.05, 0.1) is 16.7 Å². The standard InChI is InChI=1S/C12H9Cl3N2O3/c1-2-20-12(19)9-5-10(18)17(16-9)11-7(14)3-6(13)4-8(11)15/h3-5,16H,2H2,1H3. The number of aromatic amines is 1. The fourth-order valence-electron chi connectivity index (χ4n) is 1.62. The van der Waals surface area contributed by atoms with Crippen molar-refractivity contribution in [2.24, 2.45) is 0 Å². The summed E-state index contributed by atoms with van der Waals surface area (Å²) in [5.41, 5.74) is -0.253. The maximum atomic E-state index is 11.9. The summed E-state index contributed by atoms with van der Waals surface area (Å²) in [6.45, 7) is 1.87. The first kappa shape index (κ1) is 15.0. The molecule has 0 amide bonds. The predicted molar refractivity (Wildman–Crippen MR) is 77.4 cm³/mol. The van der Waals surface area contributed by atoms with E-state index in [1.165, 1.54) is 12.1 Å². The van der Waals surface area contributed by atoms with Gasteiger partial charge in [0.25, 0.3) is 5.56 Å². The van der Waals surface area contributed by atoms with Gasteiger partial charge in [-0.2, -0.15) is 0 Å². The fourth-order valence-corrected chi connectivity index (χ4v) is 2.61. The Labute approximate surface area is 129 Å². The van der Waals surface area contributed by atoms with Crippen LogP contribution >= 0.6 is 34.8 Å². The summed E-state index contributed by atoms with van der Waals surface area (Å²) in [5, 5.41) is 3.31. The average Bonchev–Trinajstić information content (AvgIpc) is 2.71. The van der Waals surface area contributed by atoms with Crippen LogP contribution in [-0.4, -0.2) is 22.4 Å². The minimum atomic E-state index is -0.635. The van der Waals surface area contributed by atoms with E-state index in [0.717, 1.165) is 10.7 Å². The van der Waals surface area contributed by atoms with Crippen LogP contribution in [-0.2, 0) is 4.74 Å². The van der Waals surface area contributed by atoms with Crippen molar-refractivity contribution >= 4 is 40.8 Å². The van der Waals surface area contributed by atoms with Crippen molar-refractivity contribution in [3.8, 4) is 5.69 Å². The summed E-state index contributed by atoms with van der Waals surface area (Å²) in [6, 6.07) is 4.00. The van der Waals surface area contributed by atoms with E-state index in [1.54, 1.807) is 6.92 Å². The van der Waals surface area contributed by atoms with Crippen molar-refractivity contribution in [2.75, 3.05) is 6.61 Å². The van der Waals surface area contributed by atoms with Crippen LogP contribution in [0.2, 0.25) is 15.1 Å². The van der Waals surface area contributed by atoms with Crippen molar-refractivity contribution in [1.29, 1.82) is 0 Å². The van der Waals surface area contributed by atoms with Crippen molar-refractivity contribution < 1.29 is 9.53 Å². The highest BCUT2D eigenvalue weighted by atomic mass is 35.5. The number of carbonyl (C=O) groups is 1. The molecule has 106 valence electrons. The number of nitrogens with zero attached hydrogens (tertiary/aromatic N) is 1. The molecule has 8 heteroatoms. The fraction of sp³-hybridized carbons (Fsp3) is 0.167. The van der Waals surface area contributed by atoms with Gasteiger partial charge in [-0.05, 0) is 19.1 Å². The molecule has 0 unspecified atom stereocenters. The molecule has 0 radical (unpaired) electrons. The number of hydrogen-bond donors (Lipinski definition) is 1. The summed E-state index contributed by atoms with van der Waals surface area (Å²) in [4.78, 5) is 23.5. The van der Waals surface area contributed by atoms with Crippen molar-refractivity contribution in [3.05, 3.63) is 49.3 Å². The van der Waals surface area contributed by atoms with Gasteiger partial charge in [-0.3, -0.25) is 9.89 Å². The van der Waals surface area contributed by atoms with Gasteiger partial charge in [-0.15, -0.1) is 0 Å².